The van der Waals surface area contributed by atoms with Crippen LogP contribution in [0.3, 0.4) is 0 Å². The molecule has 2 unspecified atom stereocenters. The topological polar surface area (TPSA) is 360 Å². The van der Waals surface area contributed by atoms with Crippen molar-refractivity contribution < 1.29 is 49.2 Å². The smallest absolute Gasteiger partial charge is 0.311 e. The Morgan fingerprint density at radius 2 is 0.840 bits per heavy atom. The summed E-state index contributed by atoms with van der Waals surface area (Å²) < 4.78 is 4.07. The van der Waals surface area contributed by atoms with Crippen LogP contribution in [-0.4, -0.2) is 194 Å². The fourth-order valence-electron chi connectivity index (χ4n) is 12.9. The third-order valence-corrected chi connectivity index (χ3v) is 17.8. The van der Waals surface area contributed by atoms with Crippen LogP contribution in [0.1, 0.15) is 113 Å². The monoisotopic (exact) mass is 1280 g/mol. The number of aliphatic carboxylic acids is 4. The van der Waals surface area contributed by atoms with Crippen LogP contribution in [0.4, 0.5) is 23.0 Å². The molecule has 2 aliphatic carbocycles. The molecule has 2 saturated heterocycles. The number of carbonyl (C=O) groups excluding carboxylic acids is 2. The van der Waals surface area contributed by atoms with E-state index in [2.05, 4.69) is 64.3 Å². The van der Waals surface area contributed by atoms with Gasteiger partial charge in [0, 0.05) is 107 Å². The van der Waals surface area contributed by atoms with Gasteiger partial charge in [-0.2, -0.15) is 10.2 Å². The average Bonchev–Trinajstić information content (AvgIpc) is 1.62. The Balaban J connectivity index is 0.000000199. The number of nitrogens with zero attached hydrogens (tertiary/aromatic N) is 12. The van der Waals surface area contributed by atoms with E-state index in [9.17, 15) is 29.4 Å². The van der Waals surface area contributed by atoms with Crippen molar-refractivity contribution in [3.8, 4) is 22.5 Å². The van der Waals surface area contributed by atoms with E-state index in [1.165, 1.54) is 12.7 Å². The van der Waals surface area contributed by atoms with Crippen LogP contribution in [0.15, 0.2) is 122 Å². The molecule has 2 atom stereocenters. The number of likely N-dealkylation sites (N-methyl/N-ethyl adjacent to an activating group) is 2. The molecule has 4 aromatic heterocycles. The summed E-state index contributed by atoms with van der Waals surface area (Å²) in [6, 6.07) is 34.1. The van der Waals surface area contributed by atoms with Crippen molar-refractivity contribution in [1.82, 2.24) is 59.1 Å². The molecule has 12 rings (SSSR count). The lowest BCUT2D eigenvalue weighted by atomic mass is 9.90. The molecule has 8 aromatic rings. The largest absolute Gasteiger partial charge is 0.481 e. The Kier molecular flexibility index (Phi) is 23.5. The van der Waals surface area contributed by atoms with Gasteiger partial charge in [0.2, 0.25) is 11.8 Å². The molecule has 0 spiro atoms. The van der Waals surface area contributed by atoms with Crippen LogP contribution >= 0.6 is 0 Å². The van der Waals surface area contributed by atoms with Crippen molar-refractivity contribution in [1.29, 1.82) is 0 Å². The van der Waals surface area contributed by atoms with Gasteiger partial charge in [-0.15, -0.1) is 0 Å². The third-order valence-electron chi connectivity index (χ3n) is 17.8. The number of hydrogen-bond donors (Lipinski definition) is 8. The summed E-state index contributed by atoms with van der Waals surface area (Å²) in [7, 11) is 4.38. The van der Waals surface area contributed by atoms with Crippen LogP contribution < -0.4 is 22.1 Å². The maximum atomic E-state index is 13.1. The van der Waals surface area contributed by atoms with Gasteiger partial charge in [0.15, 0.2) is 11.3 Å². The maximum absolute atomic E-state index is 13.1. The highest BCUT2D eigenvalue weighted by molar-refractivity contribution is 6.01. The number of nitrogens with one attached hydrogen (secondary N) is 2. The van der Waals surface area contributed by atoms with Crippen LogP contribution in [-0.2, 0) is 28.8 Å². The van der Waals surface area contributed by atoms with Crippen LogP contribution in [0.2, 0.25) is 0 Å². The van der Waals surface area contributed by atoms with E-state index in [1.54, 1.807) is 72.8 Å². The minimum Gasteiger partial charge on any atom is -0.481 e. The number of carboxylic acid groups (broad SMARTS) is 4. The number of amides is 2. The van der Waals surface area contributed by atoms with Crippen molar-refractivity contribution in [3.63, 3.8) is 0 Å². The number of aromatic nitrogens is 8. The van der Waals surface area contributed by atoms with Crippen molar-refractivity contribution in [2.75, 3.05) is 88.6 Å². The molecule has 2 amide bonds. The van der Waals surface area contributed by atoms with Crippen molar-refractivity contribution in [2.45, 2.75) is 114 Å². The van der Waals surface area contributed by atoms with E-state index in [0.29, 0.717) is 57.6 Å². The summed E-state index contributed by atoms with van der Waals surface area (Å²) in [5.74, 6) is -5.44. The lowest BCUT2D eigenvalue weighted by Gasteiger charge is -2.41. The Hall–Kier alpha value is -9.76. The highest BCUT2D eigenvalue weighted by Gasteiger charge is 2.34. The van der Waals surface area contributed by atoms with Crippen LogP contribution in [0, 0.1) is 0 Å². The Labute approximate surface area is 545 Å². The van der Waals surface area contributed by atoms with Gasteiger partial charge in [0.25, 0.3) is 11.9 Å². The maximum Gasteiger partial charge on any atom is 0.311 e. The van der Waals surface area contributed by atoms with E-state index < -0.39 is 35.7 Å². The van der Waals surface area contributed by atoms with Gasteiger partial charge >= 0.3 is 11.9 Å². The SMILES string of the molecule is CC(=O)O.CC(=O)O.CN1CCN([C@H]2CC[C@@H](n3nc(-c4ccc(NC(=O)C(CC(=O)O)c5ccccc5)cc4)c4c(N)ncnc43)CC2)CC1.CN1CCN([C@H]2CC[C@@H](n3nc(-c4ccc(NC(=O)CC(C(=O)O)c5ccccc5)cc4)c4c(N)ncnc43)CC2)CC1. The normalized spacial score (nSPS) is 19.4. The molecule has 10 N–H and O–H groups in total. The first kappa shape index (κ1) is 68.6. The molecule has 6 heterocycles. The van der Waals surface area contributed by atoms with Gasteiger partial charge in [0.1, 0.15) is 35.7 Å². The van der Waals surface area contributed by atoms with Gasteiger partial charge in [0.05, 0.1) is 41.1 Å². The third kappa shape index (κ3) is 17.9. The molecule has 94 heavy (non-hydrogen) atoms. The number of fused-ring (bicyclic) bond motifs is 2. The lowest BCUT2D eigenvalue weighted by Crippen LogP contribution is -2.49. The minimum absolute atomic E-state index is 0.166. The van der Waals surface area contributed by atoms with E-state index in [0.717, 1.165) is 151 Å². The zero-order valence-electron chi connectivity index (χ0n) is 53.5. The Morgan fingerprint density at radius 3 is 1.21 bits per heavy atom. The molecule has 26 nitrogen and oxygen atoms in total. The number of anilines is 4. The second-order valence-electron chi connectivity index (χ2n) is 24.4. The number of nitrogen functional groups attached to an aromatic ring is 2. The molecular weight excluding hydrogens is 1200 g/mol. The molecule has 4 fully saturated rings. The second kappa shape index (κ2) is 32.2. The van der Waals surface area contributed by atoms with E-state index in [-0.39, 0.29) is 36.7 Å². The molecule has 26 heteroatoms. The fourth-order valence-corrected chi connectivity index (χ4v) is 12.9. The zero-order valence-corrected chi connectivity index (χ0v) is 53.5. The summed E-state index contributed by atoms with van der Waals surface area (Å²) in [6.45, 7) is 11.2. The molecular formula is C68H84N16O10. The predicted octanol–water partition coefficient (Wildman–Crippen LogP) is 8.19. The van der Waals surface area contributed by atoms with E-state index in [1.807, 2.05) is 45.8 Å². The molecule has 496 valence electrons. The first-order valence-electron chi connectivity index (χ1n) is 31.8. The predicted molar refractivity (Wildman–Crippen MR) is 358 cm³/mol. The number of carbonyl (C=O) groups is 6. The zero-order chi connectivity index (χ0) is 67.0. The summed E-state index contributed by atoms with van der Waals surface area (Å²) >= 11 is 0. The van der Waals surface area contributed by atoms with E-state index >= 15 is 0 Å². The van der Waals surface area contributed by atoms with Gasteiger partial charge in [-0.3, -0.25) is 38.6 Å². The van der Waals surface area contributed by atoms with Crippen molar-refractivity contribution in [2.24, 2.45) is 0 Å². The molecule has 0 bridgehead atoms. The number of benzene rings is 4. The quantitative estimate of drug-likeness (QED) is 0.0452. The Morgan fingerprint density at radius 1 is 0.479 bits per heavy atom. The fraction of sp³-hybridized carbons (Fsp3) is 0.412. The lowest BCUT2D eigenvalue weighted by molar-refractivity contribution is -0.140. The van der Waals surface area contributed by atoms with Gasteiger partial charge in [-0.05, 0) is 101 Å². The summed E-state index contributed by atoms with van der Waals surface area (Å²) in [5.41, 5.74) is 19.7. The summed E-state index contributed by atoms with van der Waals surface area (Å²) in [6.07, 6.45) is 11.2. The van der Waals surface area contributed by atoms with Crippen molar-refractivity contribution in [3.05, 3.63) is 133 Å². The van der Waals surface area contributed by atoms with Crippen LogP contribution in [0.25, 0.3) is 44.6 Å². The number of carboxylic acids is 4. The highest BCUT2D eigenvalue weighted by Crippen LogP contribution is 2.40. The molecule has 2 aliphatic heterocycles. The molecule has 4 aliphatic rings. The van der Waals surface area contributed by atoms with Crippen LogP contribution in [0.5, 0.6) is 0 Å². The number of piperazine rings is 2. The number of hydrogen-bond acceptors (Lipinski definition) is 18. The second-order valence-corrected chi connectivity index (χ2v) is 24.4. The van der Waals surface area contributed by atoms with Gasteiger partial charge < -0.3 is 52.3 Å². The standard InChI is InChI=1S/2C32H38N8O3.2C2H4O2/c1-38-15-17-39(18-16-38)24-11-13-25(14-12-24)40-31-28(30(33)34-20-35-31)29(37-40)22-7-9-23(10-8-22)36-32(43)26(19-27(41)42)21-5-3-2-4-6-21;1-38-15-17-39(18-16-38)24-11-13-25(14-12-24)40-31-28(30(33)34-20-35-31)29(37-40)22-7-9-23(10-8-22)36-27(41)19-26(32(42)43)21-5-3-2-4-6-21;2*1-2(3)4/h2-10,20,24-26H,11-19H2,1H3,(H,36,43)(H,41,42)(H2,33,34,35);2-10,20,24-26H,11-19H2,1H3,(H,36,41)(H,42,43)(H2,33,34,35);2*1H3,(H,3,4)/t2*24-,25+,26?;;. The highest BCUT2D eigenvalue weighted by atomic mass is 16.4. The van der Waals surface area contributed by atoms with Gasteiger partial charge in [-0.1, -0.05) is 84.9 Å². The number of rotatable bonds is 16. The number of nitrogens with two attached hydrogens (primary N) is 2. The molecule has 0 radical (unpaired) electrons. The first-order valence-corrected chi connectivity index (χ1v) is 31.8. The molecule has 2 saturated carbocycles. The first-order chi connectivity index (χ1) is 45.2. The minimum atomic E-state index is -1.04. The van der Waals surface area contributed by atoms with Gasteiger partial charge in [-0.25, -0.2) is 29.3 Å². The molecule has 4 aromatic carbocycles. The average molecular weight is 1290 g/mol. The summed E-state index contributed by atoms with van der Waals surface area (Å²) in [4.78, 5) is 95.0. The summed E-state index contributed by atoms with van der Waals surface area (Å²) in [5, 5.41) is 51.2. The Bertz CT molecular complexity index is 3840. The van der Waals surface area contributed by atoms with Crippen molar-refractivity contribution >= 4 is 80.8 Å². The van der Waals surface area contributed by atoms with E-state index in [4.69, 9.17) is 41.5 Å².